The van der Waals surface area contributed by atoms with Gasteiger partial charge in [0.15, 0.2) is 23.4 Å². The Kier molecular flexibility index (Phi) is 12.8. The molecule has 0 spiro atoms. The smallest absolute Gasteiger partial charge is 0.276 e. The molecule has 12 heteroatoms. The summed E-state index contributed by atoms with van der Waals surface area (Å²) < 4.78 is 11.0. The van der Waals surface area contributed by atoms with E-state index in [0.29, 0.717) is 34.8 Å². The van der Waals surface area contributed by atoms with Crippen LogP contribution in [-0.4, -0.2) is 48.3 Å². The summed E-state index contributed by atoms with van der Waals surface area (Å²) in [4.78, 5) is 23.6. The first-order valence-corrected chi connectivity index (χ1v) is 12.3. The molecule has 0 aliphatic heterocycles. The van der Waals surface area contributed by atoms with Crippen LogP contribution >= 0.6 is 24.4 Å². The predicted molar refractivity (Wildman–Crippen MR) is 146 cm³/mol. The lowest BCUT2D eigenvalue weighted by Crippen LogP contribution is -2.48. The number of nitrogens with one attached hydrogen (secondary N) is 6. The molecule has 2 aromatic rings. The maximum absolute atomic E-state index is 11.8. The highest BCUT2D eigenvalue weighted by Crippen LogP contribution is 2.16. The molecule has 194 valence electrons. The molecule has 0 fully saturated rings. The number of hydrogen-bond acceptors (Lipinski definition) is 6. The van der Waals surface area contributed by atoms with Gasteiger partial charge in [0.1, 0.15) is 11.5 Å². The second-order valence-corrected chi connectivity index (χ2v) is 8.25. The molecule has 36 heavy (non-hydrogen) atoms. The zero-order valence-corrected chi connectivity index (χ0v) is 21.9. The van der Waals surface area contributed by atoms with Crippen molar-refractivity contribution < 1.29 is 19.1 Å². The van der Waals surface area contributed by atoms with Gasteiger partial charge in [0.25, 0.3) is 11.8 Å². The quantitative estimate of drug-likeness (QED) is 0.186. The van der Waals surface area contributed by atoms with Crippen LogP contribution in [0.1, 0.15) is 25.0 Å². The van der Waals surface area contributed by atoms with E-state index in [0.717, 1.165) is 24.0 Å². The third-order valence-corrected chi connectivity index (χ3v) is 5.09. The number of hydrogen-bond donors (Lipinski definition) is 6. The molecule has 0 saturated carbocycles. The minimum absolute atomic E-state index is 0.128. The Hall–Kier alpha value is -3.64. The Labute approximate surface area is 221 Å². The molecule has 0 saturated heterocycles. The maximum Gasteiger partial charge on any atom is 0.276 e. The molecule has 0 aliphatic rings. The molecule has 0 aromatic heterocycles. The van der Waals surface area contributed by atoms with Crippen molar-refractivity contribution in [2.75, 3.05) is 26.3 Å². The van der Waals surface area contributed by atoms with E-state index in [9.17, 15) is 9.59 Å². The van der Waals surface area contributed by atoms with Gasteiger partial charge in [-0.05, 0) is 86.5 Å². The Bertz CT molecular complexity index is 921. The second-order valence-electron chi connectivity index (χ2n) is 7.43. The highest BCUT2D eigenvalue weighted by atomic mass is 32.1. The first-order valence-electron chi connectivity index (χ1n) is 11.5. The van der Waals surface area contributed by atoms with Crippen molar-refractivity contribution in [3.63, 3.8) is 0 Å². The average Bonchev–Trinajstić information content (AvgIpc) is 2.88. The van der Waals surface area contributed by atoms with Gasteiger partial charge in [-0.1, -0.05) is 24.3 Å². The van der Waals surface area contributed by atoms with Gasteiger partial charge in [-0.2, -0.15) is 0 Å². The number of amides is 2. The fraction of sp³-hybridized carbons (Fsp3) is 0.333. The molecular formula is C24H32N6O4S2. The van der Waals surface area contributed by atoms with Crippen LogP contribution < -0.4 is 41.8 Å². The largest absolute Gasteiger partial charge is 0.484 e. The van der Waals surface area contributed by atoms with E-state index >= 15 is 0 Å². The zero-order valence-electron chi connectivity index (χ0n) is 20.3. The summed E-state index contributed by atoms with van der Waals surface area (Å²) in [6.07, 6.45) is 1.68. The molecular weight excluding hydrogens is 500 g/mol. The third-order valence-electron chi connectivity index (χ3n) is 4.59. The average molecular weight is 533 g/mol. The molecule has 0 radical (unpaired) electrons. The summed E-state index contributed by atoms with van der Waals surface area (Å²) >= 11 is 9.94. The Balaban J connectivity index is 1.68. The van der Waals surface area contributed by atoms with Gasteiger partial charge >= 0.3 is 0 Å². The van der Waals surface area contributed by atoms with Crippen molar-refractivity contribution in [1.29, 1.82) is 0 Å². The van der Waals surface area contributed by atoms with Crippen LogP contribution in [0.5, 0.6) is 11.5 Å². The summed E-state index contributed by atoms with van der Waals surface area (Å²) in [5.74, 6) is 0.537. The summed E-state index contributed by atoms with van der Waals surface area (Å²) in [7, 11) is 0. The standard InChI is InChI=1S/C24H32N6O4S2/c1-3-25-23(35)29-27-21(31)15-33-19-11-7-17(8-12-19)5-6-18-9-13-20(14-10-18)34-16-22(32)28-30-24(36)26-4-2/h7-14H,3-6,15-16H2,1-2H3,(H,27,31)(H,28,32)(H2,25,29,35)(H2,26,30,36). The van der Waals surface area contributed by atoms with Crippen molar-refractivity contribution in [1.82, 2.24) is 32.3 Å². The number of carbonyl (C=O) groups excluding carboxylic acids is 2. The van der Waals surface area contributed by atoms with Crippen LogP contribution in [0.4, 0.5) is 0 Å². The molecule has 2 rings (SSSR count). The van der Waals surface area contributed by atoms with Gasteiger partial charge in [0.05, 0.1) is 0 Å². The number of thiocarbonyl (C=S) groups is 2. The Morgan fingerprint density at radius 1 is 0.639 bits per heavy atom. The zero-order chi connectivity index (χ0) is 26.2. The molecule has 6 N–H and O–H groups in total. The fourth-order valence-corrected chi connectivity index (χ4v) is 3.22. The highest BCUT2D eigenvalue weighted by molar-refractivity contribution is 7.80. The van der Waals surface area contributed by atoms with Gasteiger partial charge in [-0.15, -0.1) is 0 Å². The van der Waals surface area contributed by atoms with Crippen molar-refractivity contribution >= 4 is 46.5 Å². The fourth-order valence-electron chi connectivity index (χ4n) is 2.83. The van der Waals surface area contributed by atoms with E-state index < -0.39 is 0 Å². The lowest BCUT2D eigenvalue weighted by atomic mass is 10.0. The molecule has 0 bridgehead atoms. The van der Waals surface area contributed by atoms with Gasteiger partial charge in [0, 0.05) is 13.1 Å². The number of carbonyl (C=O) groups is 2. The molecule has 0 aliphatic carbocycles. The van der Waals surface area contributed by atoms with E-state index in [2.05, 4.69) is 32.3 Å². The van der Waals surface area contributed by atoms with Gasteiger partial charge in [0.2, 0.25) is 0 Å². The van der Waals surface area contributed by atoms with E-state index in [1.807, 2.05) is 62.4 Å². The number of ether oxygens (including phenoxy) is 2. The van der Waals surface area contributed by atoms with Gasteiger partial charge in [-0.25, -0.2) is 0 Å². The molecule has 0 heterocycles. The van der Waals surface area contributed by atoms with Crippen LogP contribution in [0.2, 0.25) is 0 Å². The van der Waals surface area contributed by atoms with Crippen LogP contribution in [0.25, 0.3) is 0 Å². The van der Waals surface area contributed by atoms with E-state index in [1.165, 1.54) is 0 Å². The van der Waals surface area contributed by atoms with E-state index in [4.69, 9.17) is 33.9 Å². The molecule has 0 unspecified atom stereocenters. The minimum atomic E-state index is -0.336. The minimum Gasteiger partial charge on any atom is -0.484 e. The lowest BCUT2D eigenvalue weighted by molar-refractivity contribution is -0.124. The first-order chi connectivity index (χ1) is 17.4. The molecule has 2 aromatic carbocycles. The van der Waals surface area contributed by atoms with Crippen LogP contribution in [0, 0.1) is 0 Å². The van der Waals surface area contributed by atoms with E-state index in [1.54, 1.807) is 0 Å². The number of benzene rings is 2. The number of hydrazine groups is 2. The van der Waals surface area contributed by atoms with Gasteiger partial charge in [-0.3, -0.25) is 31.3 Å². The first kappa shape index (κ1) is 28.6. The normalized spacial score (nSPS) is 9.94. The predicted octanol–water partition coefficient (Wildman–Crippen LogP) is 1.26. The highest BCUT2D eigenvalue weighted by Gasteiger charge is 2.05. The van der Waals surface area contributed by atoms with Crippen LogP contribution in [0.15, 0.2) is 48.5 Å². The van der Waals surface area contributed by atoms with Crippen molar-refractivity contribution in [3.8, 4) is 11.5 Å². The number of aryl methyl sites for hydroxylation is 2. The molecule has 2 amide bonds. The second kappa shape index (κ2) is 16.1. The van der Waals surface area contributed by atoms with Crippen molar-refractivity contribution in [2.45, 2.75) is 26.7 Å². The van der Waals surface area contributed by atoms with E-state index in [-0.39, 0.29) is 25.0 Å². The maximum atomic E-state index is 11.8. The van der Waals surface area contributed by atoms with Crippen LogP contribution in [0.3, 0.4) is 0 Å². The molecule has 10 nitrogen and oxygen atoms in total. The topological polar surface area (TPSA) is 125 Å². The van der Waals surface area contributed by atoms with Gasteiger partial charge < -0.3 is 20.1 Å². The van der Waals surface area contributed by atoms with Crippen molar-refractivity contribution in [2.24, 2.45) is 0 Å². The molecule has 0 atom stereocenters. The monoisotopic (exact) mass is 532 g/mol. The Morgan fingerprint density at radius 3 is 1.33 bits per heavy atom. The summed E-state index contributed by atoms with van der Waals surface area (Å²) in [6.45, 7) is 4.88. The summed E-state index contributed by atoms with van der Waals surface area (Å²) in [5, 5.41) is 6.42. The summed E-state index contributed by atoms with van der Waals surface area (Å²) in [6, 6.07) is 15.2. The summed E-state index contributed by atoms with van der Waals surface area (Å²) in [5.41, 5.74) is 12.4. The SMILES string of the molecule is CCNC(=S)NNC(=O)COc1ccc(CCc2ccc(OCC(=O)NNC(=S)NCC)cc2)cc1. The van der Waals surface area contributed by atoms with Crippen LogP contribution in [-0.2, 0) is 22.4 Å². The lowest BCUT2D eigenvalue weighted by Gasteiger charge is -2.11. The van der Waals surface area contributed by atoms with Crippen molar-refractivity contribution in [3.05, 3.63) is 59.7 Å². The third kappa shape index (κ3) is 11.7. The number of rotatable bonds is 11. The Morgan fingerprint density at radius 2 is 1.00 bits per heavy atom.